The van der Waals surface area contributed by atoms with Crippen LogP contribution >= 0.6 is 0 Å². The molecule has 3 atom stereocenters. The first-order chi connectivity index (χ1) is 14.3. The highest BCUT2D eigenvalue weighted by molar-refractivity contribution is 5.93. The average molecular weight is 417 g/mol. The van der Waals surface area contributed by atoms with Crippen LogP contribution in [0.25, 0.3) is 0 Å². The maximum Gasteiger partial charge on any atom is 0.326 e. The van der Waals surface area contributed by atoms with Gasteiger partial charge in [-0.2, -0.15) is 0 Å². The van der Waals surface area contributed by atoms with Crippen molar-refractivity contribution in [1.29, 1.82) is 0 Å². The first-order valence-electron chi connectivity index (χ1n) is 9.08. The molecule has 2 rings (SSSR count). The highest BCUT2D eigenvalue weighted by Gasteiger charge is 2.29. The second-order valence-corrected chi connectivity index (χ2v) is 6.64. The van der Waals surface area contributed by atoms with E-state index in [1.54, 1.807) is 30.3 Å². The number of aliphatic carboxylic acids is 2. The molecule has 1 aromatic heterocycles. The number of aromatic amines is 1. The standard InChI is InChI=1S/C19H23N5O6/c20-13(8-16(25)26)17(27)23-14(7-12-9-21-10-22-12)18(28)24-15(19(29)30)6-11-4-2-1-3-5-11/h1-5,9-10,13-15H,6-8,20H2,(H,21,22)(H,23,27)(H,24,28)(H,25,26)(H,29,30). The first-order valence-corrected chi connectivity index (χ1v) is 9.08. The Morgan fingerprint density at radius 1 is 1.00 bits per heavy atom. The molecule has 0 aliphatic carbocycles. The molecule has 1 aromatic carbocycles. The van der Waals surface area contributed by atoms with E-state index < -0.39 is 48.3 Å². The smallest absolute Gasteiger partial charge is 0.326 e. The highest BCUT2D eigenvalue weighted by Crippen LogP contribution is 2.06. The van der Waals surface area contributed by atoms with E-state index in [9.17, 15) is 24.3 Å². The molecule has 11 heteroatoms. The lowest BCUT2D eigenvalue weighted by atomic mass is 10.0. The van der Waals surface area contributed by atoms with E-state index in [0.29, 0.717) is 11.3 Å². The van der Waals surface area contributed by atoms with Crippen molar-refractivity contribution in [3.05, 3.63) is 54.1 Å². The third-order valence-electron chi connectivity index (χ3n) is 4.24. The Morgan fingerprint density at radius 3 is 2.23 bits per heavy atom. The molecule has 0 aliphatic heterocycles. The molecule has 0 saturated carbocycles. The van der Waals surface area contributed by atoms with Crippen molar-refractivity contribution in [1.82, 2.24) is 20.6 Å². The molecule has 11 nitrogen and oxygen atoms in total. The van der Waals surface area contributed by atoms with Crippen LogP contribution in [0, 0.1) is 0 Å². The number of carboxylic acid groups (broad SMARTS) is 2. The number of hydrogen-bond acceptors (Lipinski definition) is 6. The Hall–Kier alpha value is -3.73. The second-order valence-electron chi connectivity index (χ2n) is 6.64. The van der Waals surface area contributed by atoms with E-state index in [4.69, 9.17) is 10.8 Å². The molecule has 30 heavy (non-hydrogen) atoms. The third kappa shape index (κ3) is 7.02. The van der Waals surface area contributed by atoms with Gasteiger partial charge in [-0.1, -0.05) is 30.3 Å². The second kappa shape index (κ2) is 10.7. The molecule has 2 amide bonds. The van der Waals surface area contributed by atoms with Crippen LogP contribution < -0.4 is 16.4 Å². The Balaban J connectivity index is 2.12. The number of benzene rings is 1. The summed E-state index contributed by atoms with van der Waals surface area (Å²) in [4.78, 5) is 54.0. The van der Waals surface area contributed by atoms with Crippen molar-refractivity contribution in [2.75, 3.05) is 0 Å². The van der Waals surface area contributed by atoms with Crippen LogP contribution in [0.2, 0.25) is 0 Å². The Labute approximate surface area is 171 Å². The number of carbonyl (C=O) groups excluding carboxylic acids is 2. The summed E-state index contributed by atoms with van der Waals surface area (Å²) in [6.07, 6.45) is 2.25. The normalized spacial score (nSPS) is 13.6. The van der Waals surface area contributed by atoms with E-state index >= 15 is 0 Å². The zero-order chi connectivity index (χ0) is 22.1. The number of aromatic nitrogens is 2. The van der Waals surface area contributed by atoms with Crippen LogP contribution in [-0.2, 0) is 32.0 Å². The van der Waals surface area contributed by atoms with Gasteiger partial charge in [0.15, 0.2) is 0 Å². The van der Waals surface area contributed by atoms with Crippen LogP contribution in [0.4, 0.5) is 0 Å². The minimum atomic E-state index is -1.36. The molecule has 7 N–H and O–H groups in total. The number of nitrogens with one attached hydrogen (secondary N) is 3. The quantitative estimate of drug-likeness (QED) is 0.270. The lowest BCUT2D eigenvalue weighted by molar-refractivity contribution is -0.142. The van der Waals surface area contributed by atoms with Crippen molar-refractivity contribution in [3.8, 4) is 0 Å². The molecular weight excluding hydrogens is 394 g/mol. The van der Waals surface area contributed by atoms with Crippen LogP contribution in [0.3, 0.4) is 0 Å². The van der Waals surface area contributed by atoms with Gasteiger partial charge < -0.3 is 31.6 Å². The molecule has 0 spiro atoms. The number of nitrogens with two attached hydrogens (primary N) is 1. The number of carbonyl (C=O) groups is 4. The first kappa shape index (κ1) is 22.6. The number of nitrogens with zero attached hydrogens (tertiary/aromatic N) is 1. The van der Waals surface area contributed by atoms with Gasteiger partial charge >= 0.3 is 11.9 Å². The number of hydrogen-bond donors (Lipinski definition) is 6. The highest BCUT2D eigenvalue weighted by atomic mass is 16.4. The number of rotatable bonds is 11. The zero-order valence-electron chi connectivity index (χ0n) is 15.9. The molecule has 160 valence electrons. The molecule has 0 bridgehead atoms. The summed E-state index contributed by atoms with van der Waals surface area (Å²) in [7, 11) is 0. The topological polar surface area (TPSA) is 188 Å². The predicted octanol–water partition coefficient (Wildman–Crippen LogP) is -0.949. The van der Waals surface area contributed by atoms with Crippen molar-refractivity contribution < 1.29 is 29.4 Å². The summed E-state index contributed by atoms with van der Waals surface area (Å²) in [5.74, 6) is -4.08. The van der Waals surface area contributed by atoms with Gasteiger partial charge in [0.2, 0.25) is 11.8 Å². The Bertz CT molecular complexity index is 871. The Morgan fingerprint density at radius 2 is 1.67 bits per heavy atom. The molecule has 0 radical (unpaired) electrons. The maximum absolute atomic E-state index is 12.8. The average Bonchev–Trinajstić information content (AvgIpc) is 3.20. The van der Waals surface area contributed by atoms with Crippen LogP contribution in [-0.4, -0.2) is 62.1 Å². The van der Waals surface area contributed by atoms with Gasteiger partial charge in [0.1, 0.15) is 12.1 Å². The summed E-state index contributed by atoms with van der Waals surface area (Å²) in [5, 5.41) is 23.1. The van der Waals surface area contributed by atoms with E-state index in [1.165, 1.54) is 12.5 Å². The van der Waals surface area contributed by atoms with Crippen LogP contribution in [0.15, 0.2) is 42.9 Å². The van der Waals surface area contributed by atoms with E-state index in [-0.39, 0.29) is 12.8 Å². The molecular formula is C19H23N5O6. The minimum absolute atomic E-state index is 0.0188. The van der Waals surface area contributed by atoms with E-state index in [1.807, 2.05) is 0 Å². The van der Waals surface area contributed by atoms with Gasteiger partial charge in [-0.25, -0.2) is 9.78 Å². The van der Waals surface area contributed by atoms with Crippen LogP contribution in [0.5, 0.6) is 0 Å². The number of carboxylic acids is 2. The Kier molecular flexibility index (Phi) is 8.06. The van der Waals surface area contributed by atoms with Crippen LogP contribution in [0.1, 0.15) is 17.7 Å². The van der Waals surface area contributed by atoms with Gasteiger partial charge in [-0.05, 0) is 5.56 Å². The van der Waals surface area contributed by atoms with Gasteiger partial charge in [-0.3, -0.25) is 14.4 Å². The number of H-pyrrole nitrogens is 1. The SMILES string of the molecule is NC(CC(=O)O)C(=O)NC(Cc1cnc[nH]1)C(=O)NC(Cc1ccccc1)C(=O)O. The summed E-state index contributed by atoms with van der Waals surface area (Å²) in [6, 6.07) is 4.98. The lowest BCUT2D eigenvalue weighted by Crippen LogP contribution is -2.55. The molecule has 0 aliphatic rings. The monoisotopic (exact) mass is 417 g/mol. The van der Waals surface area contributed by atoms with Crippen molar-refractivity contribution in [2.24, 2.45) is 5.73 Å². The molecule has 2 aromatic rings. The van der Waals surface area contributed by atoms with E-state index in [2.05, 4.69) is 20.6 Å². The summed E-state index contributed by atoms with van der Waals surface area (Å²) in [5.41, 5.74) is 6.78. The lowest BCUT2D eigenvalue weighted by Gasteiger charge is -2.22. The van der Waals surface area contributed by atoms with Crippen molar-refractivity contribution >= 4 is 23.8 Å². The molecule has 0 fully saturated rings. The summed E-state index contributed by atoms with van der Waals surface area (Å²) < 4.78 is 0. The van der Waals surface area contributed by atoms with Crippen molar-refractivity contribution in [3.63, 3.8) is 0 Å². The number of amides is 2. The minimum Gasteiger partial charge on any atom is -0.481 e. The molecule has 3 unspecified atom stereocenters. The fourth-order valence-corrected chi connectivity index (χ4v) is 2.71. The van der Waals surface area contributed by atoms with Gasteiger partial charge in [0, 0.05) is 24.7 Å². The summed E-state index contributed by atoms with van der Waals surface area (Å²) in [6.45, 7) is 0. The van der Waals surface area contributed by atoms with Gasteiger partial charge in [0.25, 0.3) is 0 Å². The molecule has 1 heterocycles. The van der Waals surface area contributed by atoms with Crippen molar-refractivity contribution in [2.45, 2.75) is 37.4 Å². The zero-order valence-corrected chi connectivity index (χ0v) is 15.9. The largest absolute Gasteiger partial charge is 0.481 e. The fourth-order valence-electron chi connectivity index (χ4n) is 2.71. The fraction of sp³-hybridized carbons (Fsp3) is 0.316. The third-order valence-corrected chi connectivity index (χ3v) is 4.24. The van der Waals surface area contributed by atoms with E-state index in [0.717, 1.165) is 0 Å². The van der Waals surface area contributed by atoms with Gasteiger partial charge in [0.05, 0.1) is 18.8 Å². The summed E-state index contributed by atoms with van der Waals surface area (Å²) >= 11 is 0. The van der Waals surface area contributed by atoms with Gasteiger partial charge in [-0.15, -0.1) is 0 Å². The predicted molar refractivity (Wildman–Crippen MR) is 104 cm³/mol. The molecule has 0 saturated heterocycles. The maximum atomic E-state index is 12.8. The number of imidazole rings is 1.